The molecule has 1 aromatic heterocycles. The lowest BCUT2D eigenvalue weighted by molar-refractivity contribution is -0.119. The Bertz CT molecular complexity index is 936. The van der Waals surface area contributed by atoms with Crippen molar-refractivity contribution in [3.8, 4) is 5.69 Å². The smallest absolute Gasteiger partial charge is 0.295 e. The number of carbonyl (C=O) groups is 2. The first kappa shape index (κ1) is 24.8. The molecule has 0 fully saturated rings. The number of para-hydroxylation sites is 1. The van der Waals surface area contributed by atoms with Crippen molar-refractivity contribution in [1.29, 1.82) is 0 Å². The lowest BCUT2D eigenvalue weighted by atomic mass is 10.1. The third kappa shape index (κ3) is 6.75. The van der Waals surface area contributed by atoms with Crippen molar-refractivity contribution in [2.75, 3.05) is 11.1 Å². The van der Waals surface area contributed by atoms with Crippen molar-refractivity contribution in [3.63, 3.8) is 0 Å². The third-order valence-electron chi connectivity index (χ3n) is 5.28. The van der Waals surface area contributed by atoms with Crippen LogP contribution in [0.25, 0.3) is 5.69 Å². The molecule has 0 aliphatic heterocycles. The van der Waals surface area contributed by atoms with E-state index in [2.05, 4.69) is 17.6 Å². The van der Waals surface area contributed by atoms with Crippen LogP contribution in [-0.2, 0) is 16.6 Å². The van der Waals surface area contributed by atoms with E-state index in [0.717, 1.165) is 31.4 Å². The zero-order valence-corrected chi connectivity index (χ0v) is 19.9. The maximum absolute atomic E-state index is 12.9. The van der Waals surface area contributed by atoms with Gasteiger partial charge in [0.2, 0.25) is 11.8 Å². The summed E-state index contributed by atoms with van der Waals surface area (Å²) < 4.78 is 3.24. The maximum atomic E-state index is 12.9. The summed E-state index contributed by atoms with van der Waals surface area (Å²) in [6.07, 6.45) is 4.37. The van der Waals surface area contributed by atoms with Gasteiger partial charge in [-0.2, -0.15) is 0 Å². The van der Waals surface area contributed by atoms with E-state index in [-0.39, 0.29) is 34.9 Å². The van der Waals surface area contributed by atoms with Gasteiger partial charge >= 0.3 is 0 Å². The Balaban J connectivity index is 1.95. The highest BCUT2D eigenvalue weighted by molar-refractivity contribution is 8.01. The van der Waals surface area contributed by atoms with Crippen molar-refractivity contribution in [1.82, 2.24) is 14.7 Å². The van der Waals surface area contributed by atoms with Crippen LogP contribution in [-0.4, -0.2) is 38.2 Å². The van der Waals surface area contributed by atoms with Crippen LogP contribution in [0.15, 0.2) is 35.1 Å². The van der Waals surface area contributed by atoms with E-state index in [1.165, 1.54) is 16.4 Å². The second-order valence-electron chi connectivity index (χ2n) is 7.84. The third-order valence-corrected chi connectivity index (χ3v) is 6.43. The number of aromatic nitrogens is 2. The summed E-state index contributed by atoms with van der Waals surface area (Å²) in [4.78, 5) is 37.7. The fourth-order valence-electron chi connectivity index (χ4n) is 3.30. The van der Waals surface area contributed by atoms with Gasteiger partial charge in [0.25, 0.3) is 5.56 Å². The molecule has 2 N–H and O–H groups in total. The van der Waals surface area contributed by atoms with E-state index in [1.807, 2.05) is 37.3 Å². The predicted molar refractivity (Wildman–Crippen MR) is 128 cm³/mol. The SMILES string of the molecule is CCCCCC(C)NC(=O)CSC(C)C(=O)Nc1c(C)n(C)n(-c2ccccc2)c1=O. The fourth-order valence-corrected chi connectivity index (χ4v) is 4.00. The summed E-state index contributed by atoms with van der Waals surface area (Å²) in [5.41, 5.74) is 1.37. The summed E-state index contributed by atoms with van der Waals surface area (Å²) in [5, 5.41) is 5.28. The molecule has 0 saturated carbocycles. The summed E-state index contributed by atoms with van der Waals surface area (Å²) >= 11 is 1.26. The van der Waals surface area contributed by atoms with Gasteiger partial charge in [-0.15, -0.1) is 11.8 Å². The Hall–Kier alpha value is -2.48. The van der Waals surface area contributed by atoms with Crippen LogP contribution in [0, 0.1) is 6.92 Å². The lowest BCUT2D eigenvalue weighted by Crippen LogP contribution is -2.35. The highest BCUT2D eigenvalue weighted by Crippen LogP contribution is 2.17. The van der Waals surface area contributed by atoms with E-state index in [9.17, 15) is 14.4 Å². The van der Waals surface area contributed by atoms with Gasteiger partial charge in [-0.1, -0.05) is 44.4 Å². The minimum atomic E-state index is -0.467. The summed E-state index contributed by atoms with van der Waals surface area (Å²) in [6, 6.07) is 9.41. The topological polar surface area (TPSA) is 85.1 Å². The van der Waals surface area contributed by atoms with E-state index in [0.29, 0.717) is 5.69 Å². The minimum Gasteiger partial charge on any atom is -0.353 e. The van der Waals surface area contributed by atoms with Gasteiger partial charge in [0, 0.05) is 13.1 Å². The van der Waals surface area contributed by atoms with Crippen molar-refractivity contribution >= 4 is 29.3 Å². The number of amides is 2. The van der Waals surface area contributed by atoms with Crippen LogP contribution in [0.3, 0.4) is 0 Å². The van der Waals surface area contributed by atoms with Gasteiger partial charge in [-0.05, 0) is 39.3 Å². The number of unbranched alkanes of at least 4 members (excludes halogenated alkanes) is 2. The number of anilines is 1. The maximum Gasteiger partial charge on any atom is 0.295 e. The van der Waals surface area contributed by atoms with Crippen molar-refractivity contribution < 1.29 is 9.59 Å². The van der Waals surface area contributed by atoms with Gasteiger partial charge in [-0.25, -0.2) is 4.68 Å². The van der Waals surface area contributed by atoms with Crippen LogP contribution in [0.2, 0.25) is 0 Å². The molecular formula is C23H34N4O3S. The van der Waals surface area contributed by atoms with E-state index in [4.69, 9.17) is 0 Å². The number of hydrogen-bond donors (Lipinski definition) is 2. The normalized spacial score (nSPS) is 12.9. The van der Waals surface area contributed by atoms with E-state index in [1.54, 1.807) is 25.6 Å². The Labute approximate surface area is 188 Å². The highest BCUT2D eigenvalue weighted by atomic mass is 32.2. The average molecular weight is 447 g/mol. The Morgan fingerprint density at radius 3 is 2.45 bits per heavy atom. The molecule has 2 amide bonds. The Morgan fingerprint density at radius 2 is 1.81 bits per heavy atom. The van der Waals surface area contributed by atoms with Crippen LogP contribution in [0.1, 0.15) is 52.1 Å². The van der Waals surface area contributed by atoms with Crippen LogP contribution < -0.4 is 16.2 Å². The molecule has 0 bridgehead atoms. The number of thioether (sulfide) groups is 1. The predicted octanol–water partition coefficient (Wildman–Crippen LogP) is 3.63. The van der Waals surface area contributed by atoms with E-state index >= 15 is 0 Å². The molecule has 2 unspecified atom stereocenters. The number of benzene rings is 1. The van der Waals surface area contributed by atoms with Crippen LogP contribution in [0.4, 0.5) is 5.69 Å². The van der Waals surface area contributed by atoms with Gasteiger partial charge < -0.3 is 10.6 Å². The molecule has 0 saturated heterocycles. The zero-order chi connectivity index (χ0) is 23.0. The number of carbonyl (C=O) groups excluding carboxylic acids is 2. The Morgan fingerprint density at radius 1 is 1.13 bits per heavy atom. The Kier molecular flexibility index (Phi) is 9.43. The van der Waals surface area contributed by atoms with Crippen LogP contribution in [0.5, 0.6) is 0 Å². The van der Waals surface area contributed by atoms with Crippen LogP contribution >= 0.6 is 11.8 Å². The number of hydrogen-bond acceptors (Lipinski definition) is 4. The molecule has 0 spiro atoms. The molecule has 0 aliphatic rings. The fraction of sp³-hybridized carbons (Fsp3) is 0.522. The molecule has 8 heteroatoms. The number of rotatable bonds is 11. The second-order valence-corrected chi connectivity index (χ2v) is 9.17. The first-order valence-corrected chi connectivity index (χ1v) is 11.9. The average Bonchev–Trinajstić information content (AvgIpc) is 2.95. The number of nitrogens with zero attached hydrogens (tertiary/aromatic N) is 2. The highest BCUT2D eigenvalue weighted by Gasteiger charge is 2.22. The quantitative estimate of drug-likeness (QED) is 0.516. The van der Waals surface area contributed by atoms with Crippen molar-refractivity contribution in [2.24, 2.45) is 7.05 Å². The first-order chi connectivity index (χ1) is 14.8. The molecule has 170 valence electrons. The molecule has 7 nitrogen and oxygen atoms in total. The molecule has 0 radical (unpaired) electrons. The summed E-state index contributed by atoms with van der Waals surface area (Å²) in [5.74, 6) is -0.162. The monoisotopic (exact) mass is 446 g/mol. The van der Waals surface area contributed by atoms with Crippen molar-refractivity contribution in [2.45, 2.75) is 64.7 Å². The van der Waals surface area contributed by atoms with E-state index < -0.39 is 5.25 Å². The van der Waals surface area contributed by atoms with Crippen molar-refractivity contribution in [3.05, 3.63) is 46.4 Å². The molecule has 2 aromatic rings. The molecule has 2 atom stereocenters. The van der Waals surface area contributed by atoms with Gasteiger partial charge in [0.05, 0.1) is 22.4 Å². The van der Waals surface area contributed by atoms with Gasteiger partial charge in [-0.3, -0.25) is 19.1 Å². The first-order valence-electron chi connectivity index (χ1n) is 10.8. The number of nitrogens with one attached hydrogen (secondary N) is 2. The molecular weight excluding hydrogens is 412 g/mol. The molecule has 31 heavy (non-hydrogen) atoms. The molecule has 0 aliphatic carbocycles. The molecule has 2 rings (SSSR count). The lowest BCUT2D eigenvalue weighted by Gasteiger charge is -2.15. The van der Waals surface area contributed by atoms with Gasteiger partial charge in [0.15, 0.2) is 0 Å². The van der Waals surface area contributed by atoms with Gasteiger partial charge in [0.1, 0.15) is 5.69 Å². The second kappa shape index (κ2) is 11.8. The summed E-state index contributed by atoms with van der Waals surface area (Å²) in [7, 11) is 1.78. The minimum absolute atomic E-state index is 0.0732. The molecule has 1 heterocycles. The largest absolute Gasteiger partial charge is 0.353 e. The zero-order valence-electron chi connectivity index (χ0n) is 19.1. The standard InChI is InChI=1S/C23H34N4O3S/c1-6-7-9-12-16(2)24-20(28)15-31-18(4)22(29)25-21-17(3)26(5)27(23(21)30)19-13-10-8-11-14-19/h8,10-11,13-14,16,18H,6-7,9,12,15H2,1-5H3,(H,24,28)(H,25,29). The molecule has 1 aromatic carbocycles. The summed E-state index contributed by atoms with van der Waals surface area (Å²) in [6.45, 7) is 7.69.